The van der Waals surface area contributed by atoms with Crippen LogP contribution >= 0.6 is 11.8 Å². The first-order valence-corrected chi connectivity index (χ1v) is 13.8. The van der Waals surface area contributed by atoms with Gasteiger partial charge in [-0.2, -0.15) is 0 Å². The number of Topliss-reactive ketones (excluding diaryl/α,β-unsaturated/α-hetero) is 1. The van der Waals surface area contributed by atoms with Gasteiger partial charge in [0.2, 0.25) is 0 Å². The highest BCUT2D eigenvalue weighted by atomic mass is 32.2. The summed E-state index contributed by atoms with van der Waals surface area (Å²) in [4.78, 5) is 39.9. The molecule has 0 bridgehead atoms. The van der Waals surface area contributed by atoms with Crippen molar-refractivity contribution in [1.29, 1.82) is 0 Å². The van der Waals surface area contributed by atoms with E-state index >= 15 is 0 Å². The van der Waals surface area contributed by atoms with Gasteiger partial charge in [-0.05, 0) is 55.5 Å². The SMILES string of the molecule is COc1ccc(/C=C(\NC(=O)c2ccccc2)C(=O)Nc2cccc(SCC(=O)c3ccc(C)cc3)c2)c(OC)c1. The van der Waals surface area contributed by atoms with Crippen molar-refractivity contribution in [2.75, 3.05) is 25.3 Å². The van der Waals surface area contributed by atoms with Crippen molar-refractivity contribution in [2.45, 2.75) is 11.8 Å². The lowest BCUT2D eigenvalue weighted by Gasteiger charge is -2.13. The Labute approximate surface area is 243 Å². The van der Waals surface area contributed by atoms with Crippen LogP contribution in [0.4, 0.5) is 5.69 Å². The van der Waals surface area contributed by atoms with Crippen molar-refractivity contribution < 1.29 is 23.9 Å². The predicted molar refractivity (Wildman–Crippen MR) is 163 cm³/mol. The van der Waals surface area contributed by atoms with Crippen LogP contribution in [0.3, 0.4) is 0 Å². The first-order valence-electron chi connectivity index (χ1n) is 12.8. The highest BCUT2D eigenvalue weighted by Gasteiger charge is 2.17. The zero-order valence-electron chi connectivity index (χ0n) is 23.0. The number of anilines is 1. The van der Waals surface area contributed by atoms with Crippen LogP contribution in [-0.2, 0) is 4.79 Å². The molecular weight excluding hydrogens is 536 g/mol. The summed E-state index contributed by atoms with van der Waals surface area (Å²) >= 11 is 1.38. The molecule has 0 saturated carbocycles. The van der Waals surface area contributed by atoms with Gasteiger partial charge in [-0.1, -0.05) is 54.1 Å². The summed E-state index contributed by atoms with van der Waals surface area (Å²) in [6.07, 6.45) is 1.55. The van der Waals surface area contributed by atoms with E-state index in [1.165, 1.54) is 18.9 Å². The molecule has 7 nitrogen and oxygen atoms in total. The van der Waals surface area contributed by atoms with Crippen LogP contribution in [0.15, 0.2) is 108 Å². The lowest BCUT2D eigenvalue weighted by molar-refractivity contribution is -0.113. The van der Waals surface area contributed by atoms with Gasteiger partial charge in [-0.15, -0.1) is 11.8 Å². The Morgan fingerprint density at radius 3 is 2.27 bits per heavy atom. The third-order valence-corrected chi connectivity index (χ3v) is 7.10. The fourth-order valence-corrected chi connectivity index (χ4v) is 4.72. The fraction of sp³-hybridized carbons (Fsp3) is 0.121. The second-order valence-corrected chi connectivity index (χ2v) is 10.1. The van der Waals surface area contributed by atoms with E-state index in [0.29, 0.717) is 33.9 Å². The lowest BCUT2D eigenvalue weighted by Crippen LogP contribution is -2.30. The standard InChI is InChI=1S/C33H30N2O5S/c1-22-12-14-23(15-13-22)30(36)21-41-28-11-7-10-26(19-28)34-33(38)29(35-32(37)24-8-5-4-6-9-24)18-25-16-17-27(39-2)20-31(25)40-3/h4-20H,21H2,1-3H3,(H,34,38)(H,35,37)/b29-18-. The second kappa shape index (κ2) is 14.0. The van der Waals surface area contributed by atoms with E-state index < -0.39 is 11.8 Å². The Kier molecular flexibility index (Phi) is 9.96. The smallest absolute Gasteiger partial charge is 0.272 e. The van der Waals surface area contributed by atoms with E-state index in [2.05, 4.69) is 10.6 Å². The summed E-state index contributed by atoms with van der Waals surface area (Å²) in [5.74, 6) is 0.389. The quantitative estimate of drug-likeness (QED) is 0.124. The molecule has 0 aromatic heterocycles. The van der Waals surface area contributed by atoms with Gasteiger partial charge in [0.1, 0.15) is 17.2 Å². The number of ketones is 1. The van der Waals surface area contributed by atoms with E-state index in [4.69, 9.17) is 9.47 Å². The van der Waals surface area contributed by atoms with Gasteiger partial charge < -0.3 is 20.1 Å². The minimum Gasteiger partial charge on any atom is -0.497 e. The van der Waals surface area contributed by atoms with Crippen molar-refractivity contribution in [1.82, 2.24) is 5.32 Å². The normalized spacial score (nSPS) is 11.0. The molecule has 0 fully saturated rings. The molecule has 0 radical (unpaired) electrons. The van der Waals surface area contributed by atoms with E-state index in [-0.39, 0.29) is 17.2 Å². The zero-order valence-corrected chi connectivity index (χ0v) is 23.8. The number of carbonyl (C=O) groups excluding carboxylic acids is 3. The van der Waals surface area contributed by atoms with Crippen LogP contribution in [0.1, 0.15) is 31.8 Å². The highest BCUT2D eigenvalue weighted by molar-refractivity contribution is 8.00. The second-order valence-electron chi connectivity index (χ2n) is 9.05. The van der Waals surface area contributed by atoms with Crippen LogP contribution in [0.5, 0.6) is 11.5 Å². The molecule has 4 aromatic rings. The number of benzene rings is 4. The zero-order chi connectivity index (χ0) is 29.2. The number of thioether (sulfide) groups is 1. The van der Waals surface area contributed by atoms with Gasteiger partial charge in [-0.3, -0.25) is 14.4 Å². The number of carbonyl (C=O) groups is 3. The van der Waals surface area contributed by atoms with E-state index in [0.717, 1.165) is 10.5 Å². The van der Waals surface area contributed by atoms with Crippen molar-refractivity contribution in [3.63, 3.8) is 0 Å². The molecule has 0 aliphatic heterocycles. The van der Waals surface area contributed by atoms with Gasteiger partial charge in [0.05, 0.1) is 20.0 Å². The number of aryl methyl sites for hydroxylation is 1. The highest BCUT2D eigenvalue weighted by Crippen LogP contribution is 2.27. The molecule has 2 N–H and O–H groups in total. The number of hydrogen-bond donors (Lipinski definition) is 2. The minimum atomic E-state index is -0.523. The molecule has 208 valence electrons. The average molecular weight is 567 g/mol. The molecule has 0 unspecified atom stereocenters. The molecule has 0 atom stereocenters. The molecule has 2 amide bonds. The predicted octanol–water partition coefficient (Wildman–Crippen LogP) is 6.40. The molecule has 4 rings (SSSR count). The summed E-state index contributed by atoms with van der Waals surface area (Å²) in [5.41, 5.74) is 3.27. The number of nitrogens with one attached hydrogen (secondary N) is 2. The number of methoxy groups -OCH3 is 2. The van der Waals surface area contributed by atoms with Gasteiger partial charge in [0.15, 0.2) is 5.78 Å². The largest absolute Gasteiger partial charge is 0.497 e. The monoisotopic (exact) mass is 566 g/mol. The maximum atomic E-state index is 13.5. The van der Waals surface area contributed by atoms with Gasteiger partial charge in [-0.25, -0.2) is 0 Å². The number of hydrogen-bond acceptors (Lipinski definition) is 6. The Balaban J connectivity index is 1.54. The molecule has 4 aromatic carbocycles. The van der Waals surface area contributed by atoms with Crippen LogP contribution in [-0.4, -0.2) is 37.6 Å². The Morgan fingerprint density at radius 2 is 1.56 bits per heavy atom. The van der Waals surface area contributed by atoms with Crippen molar-refractivity contribution in [2.24, 2.45) is 0 Å². The third-order valence-electron chi connectivity index (χ3n) is 6.10. The van der Waals surface area contributed by atoms with E-state index in [9.17, 15) is 14.4 Å². The lowest BCUT2D eigenvalue weighted by atomic mass is 10.1. The first kappa shape index (κ1) is 29.2. The van der Waals surface area contributed by atoms with Gasteiger partial charge in [0, 0.05) is 33.3 Å². The Morgan fingerprint density at radius 1 is 0.805 bits per heavy atom. The molecule has 8 heteroatoms. The van der Waals surface area contributed by atoms with Gasteiger partial charge >= 0.3 is 0 Å². The molecule has 0 heterocycles. The minimum absolute atomic E-state index is 0.0201. The van der Waals surface area contributed by atoms with Crippen LogP contribution in [0, 0.1) is 6.92 Å². The van der Waals surface area contributed by atoms with Crippen molar-refractivity contribution >= 4 is 41.1 Å². The number of ether oxygens (including phenoxy) is 2. The summed E-state index contributed by atoms with van der Waals surface area (Å²) in [5, 5.41) is 5.59. The maximum Gasteiger partial charge on any atom is 0.272 e. The summed E-state index contributed by atoms with van der Waals surface area (Å²) in [6, 6.07) is 28.5. The average Bonchev–Trinajstić information content (AvgIpc) is 3.00. The third kappa shape index (κ3) is 8.09. The fourth-order valence-electron chi connectivity index (χ4n) is 3.87. The van der Waals surface area contributed by atoms with Crippen LogP contribution in [0.25, 0.3) is 6.08 Å². The van der Waals surface area contributed by atoms with Crippen LogP contribution in [0.2, 0.25) is 0 Å². The molecule has 41 heavy (non-hydrogen) atoms. The summed E-state index contributed by atoms with van der Waals surface area (Å²) < 4.78 is 10.7. The molecule has 0 aliphatic rings. The van der Waals surface area contributed by atoms with E-state index in [1.54, 1.807) is 73.8 Å². The van der Waals surface area contributed by atoms with Crippen molar-refractivity contribution in [3.05, 3.63) is 125 Å². The maximum absolute atomic E-state index is 13.5. The topological polar surface area (TPSA) is 93.7 Å². The summed E-state index contributed by atoms with van der Waals surface area (Å²) in [7, 11) is 3.06. The van der Waals surface area contributed by atoms with Crippen molar-refractivity contribution in [3.8, 4) is 11.5 Å². The number of rotatable bonds is 11. The number of amides is 2. The Bertz CT molecular complexity index is 1570. The molecule has 0 spiro atoms. The van der Waals surface area contributed by atoms with Gasteiger partial charge in [0.25, 0.3) is 11.8 Å². The van der Waals surface area contributed by atoms with E-state index in [1.807, 2.05) is 43.3 Å². The van der Waals surface area contributed by atoms with Crippen LogP contribution < -0.4 is 20.1 Å². The molecule has 0 saturated heterocycles. The molecule has 0 aliphatic carbocycles. The molecular formula is C33H30N2O5S. The Hall–Kier alpha value is -4.82. The summed E-state index contributed by atoms with van der Waals surface area (Å²) in [6.45, 7) is 1.98. The first-order chi connectivity index (χ1) is 19.9.